The third kappa shape index (κ3) is 5.79. The molecule has 10 rings (SSSR count). The Morgan fingerprint density at radius 2 is 0.895 bits per heavy atom. The highest BCUT2D eigenvalue weighted by atomic mass is 31.2. The molecule has 284 valence electrons. The molecule has 0 saturated heterocycles. The zero-order valence-electron chi connectivity index (χ0n) is 32.0. The van der Waals surface area contributed by atoms with E-state index in [1.165, 1.54) is 0 Å². The van der Waals surface area contributed by atoms with Gasteiger partial charge in [-0.05, 0) is 102 Å². The molecule has 57 heavy (non-hydrogen) atoms. The SMILES string of the molecule is Cc1c(CP2(=O)Oc3ccccc3C3CC=CC=C32)c(C)c(CP2(=O)Oc3ccccc3-c3ccccc32)c(C)c1CP1(=O)Oc2ccccc2-c2ccccc21. The van der Waals surface area contributed by atoms with Crippen LogP contribution in [0, 0.1) is 20.8 Å². The summed E-state index contributed by atoms with van der Waals surface area (Å²) in [6.45, 7) is 6.10. The van der Waals surface area contributed by atoms with E-state index in [-0.39, 0.29) is 24.4 Å². The standard InChI is InChI=1S/C48H41O6P3/c1-31-40(28-55(49)46-25-13-7-19-37(46)34-16-4-10-22-43(34)52-55)32(2)42(30-57(51)48-27-15-9-21-39(48)36-18-6-12-24-45(36)54-57)33(3)41(31)29-56(50)47-26-14-8-20-38(47)35-17-5-11-23-44(35)53-56/h4-20,22-27,39H,21,28-30H2,1-3H3. The average molecular weight is 807 g/mol. The largest absolute Gasteiger partial charge is 0.439 e. The molecule has 3 aliphatic heterocycles. The molecule has 0 spiro atoms. The second kappa shape index (κ2) is 13.5. The van der Waals surface area contributed by atoms with Crippen molar-refractivity contribution in [3.05, 3.63) is 184 Å². The number of fused-ring (bicyclic) bond motifs is 9. The average Bonchev–Trinajstić information content (AvgIpc) is 3.23. The van der Waals surface area contributed by atoms with Gasteiger partial charge in [-0.25, -0.2) is 0 Å². The van der Waals surface area contributed by atoms with Crippen LogP contribution < -0.4 is 24.2 Å². The van der Waals surface area contributed by atoms with Crippen LogP contribution in [0.2, 0.25) is 0 Å². The molecule has 0 amide bonds. The topological polar surface area (TPSA) is 78.9 Å². The van der Waals surface area contributed by atoms with Crippen LogP contribution in [0.3, 0.4) is 0 Å². The third-order valence-electron chi connectivity index (χ3n) is 12.3. The summed E-state index contributed by atoms with van der Waals surface area (Å²) in [7, 11) is -10.7. The summed E-state index contributed by atoms with van der Waals surface area (Å²) in [6.07, 6.45) is 7.13. The van der Waals surface area contributed by atoms with Crippen LogP contribution in [0.4, 0.5) is 0 Å². The fraction of sp³-hybridized carbons (Fsp3) is 0.167. The Morgan fingerprint density at radius 1 is 0.491 bits per heavy atom. The van der Waals surface area contributed by atoms with Crippen molar-refractivity contribution >= 4 is 32.7 Å². The molecule has 4 aliphatic rings. The van der Waals surface area contributed by atoms with Gasteiger partial charge in [0.2, 0.25) is 0 Å². The summed E-state index contributed by atoms with van der Waals surface area (Å²) in [5.74, 6) is 1.76. The van der Waals surface area contributed by atoms with Gasteiger partial charge in [-0.2, -0.15) is 0 Å². The molecule has 6 aromatic carbocycles. The van der Waals surface area contributed by atoms with E-state index in [2.05, 4.69) is 12.1 Å². The van der Waals surface area contributed by atoms with Gasteiger partial charge in [0, 0.05) is 27.9 Å². The minimum absolute atomic E-state index is 0.0538. The Morgan fingerprint density at radius 3 is 1.42 bits per heavy atom. The van der Waals surface area contributed by atoms with E-state index in [1.807, 2.05) is 148 Å². The van der Waals surface area contributed by atoms with Crippen molar-refractivity contribution in [2.24, 2.45) is 0 Å². The number of benzene rings is 6. The molecule has 6 aromatic rings. The predicted molar refractivity (Wildman–Crippen MR) is 231 cm³/mol. The fourth-order valence-electron chi connectivity index (χ4n) is 9.35. The Hall–Kier alpha value is -5.11. The highest BCUT2D eigenvalue weighted by Gasteiger charge is 2.45. The number of rotatable bonds is 6. The van der Waals surface area contributed by atoms with Gasteiger partial charge in [-0.15, -0.1) is 0 Å². The zero-order valence-corrected chi connectivity index (χ0v) is 34.7. The van der Waals surface area contributed by atoms with Gasteiger partial charge < -0.3 is 13.6 Å². The first kappa shape index (κ1) is 36.2. The Balaban J connectivity index is 1.15. The molecule has 6 nitrogen and oxygen atoms in total. The van der Waals surface area contributed by atoms with Crippen molar-refractivity contribution in [3.8, 4) is 39.5 Å². The van der Waals surface area contributed by atoms with Crippen molar-refractivity contribution in [1.82, 2.24) is 0 Å². The van der Waals surface area contributed by atoms with Gasteiger partial charge in [0.05, 0.1) is 29.1 Å². The van der Waals surface area contributed by atoms with Gasteiger partial charge in [-0.3, -0.25) is 13.7 Å². The van der Waals surface area contributed by atoms with E-state index in [1.54, 1.807) is 0 Å². The molecule has 9 heteroatoms. The van der Waals surface area contributed by atoms with E-state index in [0.29, 0.717) is 27.9 Å². The van der Waals surface area contributed by atoms with Gasteiger partial charge >= 0.3 is 0 Å². The Bertz CT molecular complexity index is 2750. The summed E-state index contributed by atoms with van der Waals surface area (Å²) in [4.78, 5) is 0. The molecular formula is C48H41O6P3. The molecule has 0 radical (unpaired) electrons. The summed E-state index contributed by atoms with van der Waals surface area (Å²) in [5, 5.41) is 2.14. The highest BCUT2D eigenvalue weighted by Crippen LogP contribution is 2.68. The predicted octanol–water partition coefficient (Wildman–Crippen LogP) is 12.7. The molecule has 0 N–H and O–H groups in total. The van der Waals surface area contributed by atoms with Crippen molar-refractivity contribution in [1.29, 1.82) is 0 Å². The van der Waals surface area contributed by atoms with Crippen molar-refractivity contribution in [2.45, 2.75) is 51.6 Å². The van der Waals surface area contributed by atoms with E-state index in [4.69, 9.17) is 13.6 Å². The van der Waals surface area contributed by atoms with Gasteiger partial charge in [0.25, 0.3) is 22.1 Å². The first-order valence-corrected chi connectivity index (χ1v) is 24.8. The first-order chi connectivity index (χ1) is 27.6. The Labute approximate surface area is 333 Å². The molecule has 0 aromatic heterocycles. The molecule has 0 saturated carbocycles. The zero-order chi connectivity index (χ0) is 39.1. The van der Waals surface area contributed by atoms with Crippen molar-refractivity contribution in [3.63, 3.8) is 0 Å². The molecule has 3 heterocycles. The number of hydrogen-bond acceptors (Lipinski definition) is 6. The van der Waals surface area contributed by atoms with Gasteiger partial charge in [-0.1, -0.05) is 109 Å². The monoisotopic (exact) mass is 806 g/mol. The number of para-hydroxylation sites is 3. The quantitative estimate of drug-likeness (QED) is 0.156. The normalized spacial score (nSPS) is 23.5. The number of hydrogen-bond donors (Lipinski definition) is 0. The molecule has 0 fully saturated rings. The summed E-state index contributed by atoms with van der Waals surface area (Å²) < 4.78 is 66.4. The molecule has 4 unspecified atom stereocenters. The molecule has 1 aliphatic carbocycles. The van der Waals surface area contributed by atoms with Crippen LogP contribution in [0.15, 0.2) is 145 Å². The maximum atomic E-state index is 15.6. The summed E-state index contributed by atoms with van der Waals surface area (Å²) in [5.41, 5.74) is 9.79. The van der Waals surface area contributed by atoms with E-state index in [0.717, 1.165) is 72.9 Å². The van der Waals surface area contributed by atoms with Crippen LogP contribution in [0.25, 0.3) is 22.3 Å². The Kier molecular flexibility index (Phi) is 8.58. The lowest BCUT2D eigenvalue weighted by Crippen LogP contribution is -2.22. The summed E-state index contributed by atoms with van der Waals surface area (Å²) >= 11 is 0. The second-order valence-corrected chi connectivity index (χ2v) is 22.5. The minimum atomic E-state index is -3.57. The van der Waals surface area contributed by atoms with E-state index in [9.17, 15) is 0 Å². The smallest absolute Gasteiger partial charge is 0.282 e. The van der Waals surface area contributed by atoms with Crippen LogP contribution in [0.1, 0.15) is 51.3 Å². The van der Waals surface area contributed by atoms with Crippen LogP contribution in [0.5, 0.6) is 17.2 Å². The maximum absolute atomic E-state index is 15.6. The number of allylic oxidation sites excluding steroid dienone is 4. The van der Waals surface area contributed by atoms with Crippen LogP contribution in [-0.2, 0) is 32.2 Å². The second-order valence-electron chi connectivity index (χ2n) is 15.5. The van der Waals surface area contributed by atoms with Gasteiger partial charge in [0.1, 0.15) is 17.2 Å². The van der Waals surface area contributed by atoms with Gasteiger partial charge in [0.15, 0.2) is 0 Å². The summed E-state index contributed by atoms with van der Waals surface area (Å²) in [6, 6.07) is 38.9. The molecule has 0 bridgehead atoms. The first-order valence-electron chi connectivity index (χ1n) is 19.4. The molecular weight excluding hydrogens is 765 g/mol. The third-order valence-corrected chi connectivity index (χ3v) is 19.4. The van der Waals surface area contributed by atoms with E-state index >= 15 is 13.7 Å². The lowest BCUT2D eigenvalue weighted by molar-refractivity contribution is 0.467. The molecule has 4 atom stereocenters. The lowest BCUT2D eigenvalue weighted by Gasteiger charge is -2.37. The maximum Gasteiger partial charge on any atom is 0.282 e. The van der Waals surface area contributed by atoms with Crippen LogP contribution in [-0.4, -0.2) is 0 Å². The highest BCUT2D eigenvalue weighted by molar-refractivity contribution is 7.67. The minimum Gasteiger partial charge on any atom is -0.439 e. The van der Waals surface area contributed by atoms with Crippen LogP contribution >= 0.6 is 22.1 Å². The van der Waals surface area contributed by atoms with Crippen molar-refractivity contribution in [2.75, 3.05) is 0 Å². The van der Waals surface area contributed by atoms with E-state index < -0.39 is 22.1 Å². The van der Waals surface area contributed by atoms with Crippen molar-refractivity contribution < 1.29 is 27.3 Å². The fourth-order valence-corrected chi connectivity index (χ4v) is 17.3. The lowest BCUT2D eigenvalue weighted by atomic mass is 9.90.